The average molecular weight is 742 g/mol. The molecule has 7 atom stereocenters. The molecule has 4 aromatic carbocycles. The molecule has 1 saturated heterocycles. The number of nitrogens with one attached hydrogen (secondary N) is 4. The zero-order valence-corrected chi connectivity index (χ0v) is 30.7. The topological polar surface area (TPSA) is 188 Å². The van der Waals surface area contributed by atoms with E-state index in [-0.39, 0.29) is 12.0 Å². The third-order valence-corrected chi connectivity index (χ3v) is 12.6. The van der Waals surface area contributed by atoms with Crippen LogP contribution in [0, 0.1) is 22.0 Å². The monoisotopic (exact) mass is 741 g/mol. The summed E-state index contributed by atoms with van der Waals surface area (Å²) in [6.45, 7) is 2.56. The molecular formula is C42H43N7O6. The Labute approximate surface area is 316 Å². The number of hydrogen-bond donors (Lipinski definition) is 5. The van der Waals surface area contributed by atoms with Crippen LogP contribution in [0.1, 0.15) is 73.8 Å². The van der Waals surface area contributed by atoms with E-state index in [1.54, 1.807) is 6.20 Å². The third-order valence-electron chi connectivity index (χ3n) is 12.6. The summed E-state index contributed by atoms with van der Waals surface area (Å²) in [4.78, 5) is 55.0. The first-order valence-corrected chi connectivity index (χ1v) is 19.1. The largest absolute Gasteiger partial charge is 0.465 e. The van der Waals surface area contributed by atoms with Gasteiger partial charge in [-0.15, -0.1) is 0 Å². The van der Waals surface area contributed by atoms with Gasteiger partial charge in [-0.05, 0) is 97.3 Å². The molecule has 13 heteroatoms. The van der Waals surface area contributed by atoms with Crippen molar-refractivity contribution < 1.29 is 24.4 Å². The molecule has 55 heavy (non-hydrogen) atoms. The van der Waals surface area contributed by atoms with Crippen LogP contribution in [0.15, 0.2) is 72.9 Å². The molecule has 282 valence electrons. The number of nitrogens with zero attached hydrogens (tertiary/aromatic N) is 3. The molecule has 0 radical (unpaired) electrons. The number of nitro groups is 1. The van der Waals surface area contributed by atoms with Gasteiger partial charge in [0.25, 0.3) is 5.54 Å². The van der Waals surface area contributed by atoms with Gasteiger partial charge in [-0.1, -0.05) is 54.6 Å². The lowest BCUT2D eigenvalue weighted by atomic mass is 9.68. The Morgan fingerprint density at radius 1 is 1.00 bits per heavy atom. The van der Waals surface area contributed by atoms with Crippen molar-refractivity contribution in [3.8, 4) is 11.3 Å². The standard InChI is InChI=1S/C42H43N7O6/c1-22(55-2)36(48-41(51)52)38(50)42(49(53)54)30-12-10-29(20-30)35(42)40-44-21-34(46-40)28-9-8-25-17-23(5-7-26(25)19-28)16-24-6-13-31-27(18-24)11-14-32-37(31)47-39(45-32)33-4-3-15-43-33/h5-9,11,13-14,17-19,21-22,29-30,33,35-36,43,48H,3-4,10,12,15-16,20H2,1-2H3,(H,44,46)(H,45,47)(H,51,52)/t22-,29+,30-,33+,35-,36+,42?/m1/s1. The lowest BCUT2D eigenvalue weighted by Gasteiger charge is -2.37. The maximum absolute atomic E-state index is 14.2. The van der Waals surface area contributed by atoms with Crippen LogP contribution < -0.4 is 10.6 Å². The number of ketones is 1. The number of rotatable bonds is 11. The second kappa shape index (κ2) is 13.6. The highest BCUT2D eigenvalue weighted by Gasteiger charge is 2.73. The summed E-state index contributed by atoms with van der Waals surface area (Å²) in [7, 11) is 1.35. The van der Waals surface area contributed by atoms with Crippen LogP contribution in [0.5, 0.6) is 0 Å². The van der Waals surface area contributed by atoms with Gasteiger partial charge in [0.1, 0.15) is 17.7 Å². The summed E-state index contributed by atoms with van der Waals surface area (Å²) in [6.07, 6.45) is 4.11. The van der Waals surface area contributed by atoms with Crippen molar-refractivity contribution >= 4 is 44.5 Å². The van der Waals surface area contributed by atoms with Gasteiger partial charge < -0.3 is 30.4 Å². The number of carbonyl (C=O) groups is 2. The Kier molecular flexibility index (Phi) is 8.65. The molecule has 3 fully saturated rings. The minimum atomic E-state index is -2.04. The van der Waals surface area contributed by atoms with Gasteiger partial charge in [0.2, 0.25) is 5.78 Å². The fraction of sp³-hybridized carbons (Fsp3) is 0.381. The molecule has 2 saturated carbocycles. The molecule has 1 unspecified atom stereocenters. The van der Waals surface area contributed by atoms with Crippen LogP contribution in [0.4, 0.5) is 4.79 Å². The second-order valence-corrected chi connectivity index (χ2v) is 15.6. The summed E-state index contributed by atoms with van der Waals surface area (Å²) >= 11 is 0. The first-order valence-electron chi connectivity index (χ1n) is 19.1. The van der Waals surface area contributed by atoms with E-state index in [2.05, 4.69) is 86.2 Å². The van der Waals surface area contributed by atoms with E-state index in [0.29, 0.717) is 24.4 Å². The molecule has 2 bridgehead atoms. The van der Waals surface area contributed by atoms with Gasteiger partial charge in [-0.25, -0.2) is 14.8 Å². The van der Waals surface area contributed by atoms with E-state index in [1.165, 1.54) is 37.0 Å². The quantitative estimate of drug-likeness (QED) is 0.0685. The molecule has 1 aliphatic heterocycles. The molecule has 1 amide bonds. The molecule has 3 heterocycles. The number of carboxylic acid groups (broad SMARTS) is 1. The van der Waals surface area contributed by atoms with Crippen molar-refractivity contribution in [1.82, 2.24) is 30.6 Å². The van der Waals surface area contributed by atoms with E-state index >= 15 is 0 Å². The Morgan fingerprint density at radius 2 is 1.76 bits per heavy atom. The Bertz CT molecular complexity index is 2490. The summed E-state index contributed by atoms with van der Waals surface area (Å²) in [6, 6.07) is 22.4. The van der Waals surface area contributed by atoms with E-state index in [0.717, 1.165) is 64.4 Å². The van der Waals surface area contributed by atoms with E-state index in [4.69, 9.17) is 9.72 Å². The summed E-state index contributed by atoms with van der Waals surface area (Å²) < 4.78 is 5.32. The van der Waals surface area contributed by atoms with Crippen LogP contribution in [0.2, 0.25) is 0 Å². The van der Waals surface area contributed by atoms with Gasteiger partial charge in [0.05, 0.1) is 41.0 Å². The van der Waals surface area contributed by atoms with E-state index < -0.39 is 46.3 Å². The zero-order chi connectivity index (χ0) is 38.0. The highest BCUT2D eigenvalue weighted by molar-refractivity contribution is 6.04. The van der Waals surface area contributed by atoms with Crippen LogP contribution in [-0.4, -0.2) is 73.2 Å². The van der Waals surface area contributed by atoms with Crippen molar-refractivity contribution in [1.29, 1.82) is 0 Å². The summed E-state index contributed by atoms with van der Waals surface area (Å²) in [5, 5.41) is 32.8. The lowest BCUT2D eigenvalue weighted by molar-refractivity contribution is -0.565. The van der Waals surface area contributed by atoms with Crippen molar-refractivity contribution in [2.24, 2.45) is 11.8 Å². The van der Waals surface area contributed by atoms with Crippen LogP contribution >= 0.6 is 0 Å². The summed E-state index contributed by atoms with van der Waals surface area (Å²) in [5.74, 6) is -0.909. The number of benzene rings is 4. The van der Waals surface area contributed by atoms with Gasteiger partial charge in [0.15, 0.2) is 0 Å². The first-order chi connectivity index (χ1) is 26.6. The molecular weight excluding hydrogens is 699 g/mol. The maximum atomic E-state index is 14.2. The first kappa shape index (κ1) is 35.1. The average Bonchev–Trinajstić information content (AvgIpc) is 4.04. The molecule has 13 nitrogen and oxygen atoms in total. The minimum absolute atomic E-state index is 0.141. The third kappa shape index (κ3) is 5.84. The predicted octanol–water partition coefficient (Wildman–Crippen LogP) is 7.04. The molecule has 3 aliphatic rings. The molecule has 2 aliphatic carbocycles. The SMILES string of the molecule is CO[C@H](C)[C@H](NC(=O)O)C(=O)C1([N+](=O)[O-])[C@@H]2CC[C@@H](C2)[C@@H]1c1ncc(-c2ccc3cc(Cc4ccc5c(ccc6[nH]c([C@@H]7CCCN7)nc65)c4)ccc3c2)[nH]1. The number of imidazole rings is 2. The molecule has 6 aromatic rings. The highest BCUT2D eigenvalue weighted by atomic mass is 16.6. The van der Waals surface area contributed by atoms with E-state index in [1.807, 2.05) is 6.07 Å². The van der Waals surface area contributed by atoms with Crippen LogP contribution in [0.25, 0.3) is 43.8 Å². The van der Waals surface area contributed by atoms with Gasteiger partial charge in [-0.3, -0.25) is 14.9 Å². The molecule has 0 spiro atoms. The number of Topliss-reactive ketones (excluding diaryl/α,β-unsaturated/α-hetero) is 1. The van der Waals surface area contributed by atoms with Crippen molar-refractivity contribution in [3.05, 3.63) is 106 Å². The van der Waals surface area contributed by atoms with Crippen LogP contribution in [0.3, 0.4) is 0 Å². The zero-order valence-electron chi connectivity index (χ0n) is 30.7. The number of amides is 1. The Hall–Kier alpha value is -5.66. The minimum Gasteiger partial charge on any atom is -0.465 e. The van der Waals surface area contributed by atoms with Crippen molar-refractivity contribution in [2.75, 3.05) is 13.7 Å². The Morgan fingerprint density at radius 3 is 2.53 bits per heavy atom. The van der Waals surface area contributed by atoms with Crippen molar-refractivity contribution in [3.63, 3.8) is 0 Å². The Balaban J connectivity index is 0.968. The fourth-order valence-electron chi connectivity index (χ4n) is 9.90. The number of fused-ring (bicyclic) bond motifs is 6. The van der Waals surface area contributed by atoms with Gasteiger partial charge in [-0.2, -0.15) is 0 Å². The van der Waals surface area contributed by atoms with E-state index in [9.17, 15) is 24.8 Å². The normalized spacial score (nSPS) is 24.5. The molecule has 5 N–H and O–H groups in total. The number of aromatic amines is 2. The fourth-order valence-corrected chi connectivity index (χ4v) is 9.90. The lowest BCUT2D eigenvalue weighted by Crippen LogP contribution is -2.64. The highest BCUT2D eigenvalue weighted by Crippen LogP contribution is 2.60. The number of H-pyrrole nitrogens is 2. The van der Waals surface area contributed by atoms with Gasteiger partial charge in [0, 0.05) is 28.9 Å². The number of aromatic nitrogens is 4. The number of ether oxygens (including phenoxy) is 1. The number of hydrogen-bond acceptors (Lipinski definition) is 8. The maximum Gasteiger partial charge on any atom is 0.405 e. The smallest absolute Gasteiger partial charge is 0.405 e. The van der Waals surface area contributed by atoms with Gasteiger partial charge >= 0.3 is 6.09 Å². The number of carbonyl (C=O) groups excluding carboxylic acids is 1. The van der Waals surface area contributed by atoms with Crippen LogP contribution in [-0.2, 0) is 16.0 Å². The second-order valence-electron chi connectivity index (χ2n) is 15.6. The van der Waals surface area contributed by atoms with Crippen molar-refractivity contribution in [2.45, 2.75) is 75.1 Å². The molecule has 9 rings (SSSR count). The molecule has 2 aromatic heterocycles. The number of methoxy groups -OCH3 is 1. The summed E-state index contributed by atoms with van der Waals surface area (Å²) in [5.41, 5.74) is 3.99. The predicted molar refractivity (Wildman–Crippen MR) is 208 cm³/mol.